The molecule has 0 aliphatic heterocycles. The number of carboxylic acids is 1. The standard InChI is InChI=1S/C13H11NO4/c14-10-3-1-2-4-12(10)18-8-5-6-9(13(16)17)11(15)7-8/h1-7,15H,14H2,(H,16,17). The van der Waals surface area contributed by atoms with Crippen LogP contribution in [0.1, 0.15) is 10.4 Å². The maximum Gasteiger partial charge on any atom is 0.339 e. The maximum absolute atomic E-state index is 10.7. The molecule has 92 valence electrons. The number of phenols is 1. The average Bonchev–Trinajstić information content (AvgIpc) is 2.32. The number of carbonyl (C=O) groups is 1. The molecule has 0 bridgehead atoms. The molecule has 2 rings (SSSR count). The van der Waals surface area contributed by atoms with Crippen LogP contribution >= 0.6 is 0 Å². The quantitative estimate of drug-likeness (QED) is 0.722. The molecule has 18 heavy (non-hydrogen) atoms. The minimum atomic E-state index is -1.20. The number of aromatic hydroxyl groups is 1. The lowest BCUT2D eigenvalue weighted by Gasteiger charge is -2.09. The first kappa shape index (κ1) is 11.8. The molecule has 4 N–H and O–H groups in total. The predicted molar refractivity (Wildman–Crippen MR) is 66.0 cm³/mol. The van der Waals surface area contributed by atoms with Gasteiger partial charge < -0.3 is 20.7 Å². The Bertz CT molecular complexity index is 595. The highest BCUT2D eigenvalue weighted by molar-refractivity contribution is 5.90. The van der Waals surface area contributed by atoms with Gasteiger partial charge in [-0.15, -0.1) is 0 Å². The number of para-hydroxylation sites is 2. The smallest absolute Gasteiger partial charge is 0.339 e. The molecule has 5 heteroatoms. The molecule has 0 aliphatic carbocycles. The van der Waals surface area contributed by atoms with Crippen LogP contribution < -0.4 is 10.5 Å². The number of hydrogen-bond acceptors (Lipinski definition) is 4. The van der Waals surface area contributed by atoms with Crippen LogP contribution in [0.25, 0.3) is 0 Å². The first-order valence-corrected chi connectivity index (χ1v) is 5.16. The zero-order valence-electron chi connectivity index (χ0n) is 9.33. The topological polar surface area (TPSA) is 92.8 Å². The highest BCUT2D eigenvalue weighted by Crippen LogP contribution is 2.30. The first-order chi connectivity index (χ1) is 8.58. The minimum absolute atomic E-state index is 0.177. The fourth-order valence-corrected chi connectivity index (χ4v) is 1.46. The van der Waals surface area contributed by atoms with Crippen molar-refractivity contribution in [1.82, 2.24) is 0 Å². The molecule has 2 aromatic carbocycles. The van der Waals surface area contributed by atoms with Crippen LogP contribution in [0.5, 0.6) is 17.2 Å². The number of rotatable bonds is 3. The summed E-state index contributed by atoms with van der Waals surface area (Å²) in [7, 11) is 0. The van der Waals surface area contributed by atoms with Crippen molar-refractivity contribution in [3.63, 3.8) is 0 Å². The second-order valence-electron chi connectivity index (χ2n) is 3.62. The van der Waals surface area contributed by atoms with Crippen molar-refractivity contribution < 1.29 is 19.7 Å². The Morgan fingerprint density at radius 3 is 2.50 bits per heavy atom. The third-order valence-corrected chi connectivity index (χ3v) is 2.35. The summed E-state index contributed by atoms with van der Waals surface area (Å²) in [6.07, 6.45) is 0. The number of aromatic carboxylic acids is 1. The van der Waals surface area contributed by atoms with E-state index < -0.39 is 5.97 Å². The number of nitrogen functional groups attached to an aromatic ring is 1. The van der Waals surface area contributed by atoms with Gasteiger partial charge in [-0.1, -0.05) is 12.1 Å². The summed E-state index contributed by atoms with van der Waals surface area (Å²) >= 11 is 0. The fourth-order valence-electron chi connectivity index (χ4n) is 1.46. The molecule has 0 spiro atoms. The van der Waals surface area contributed by atoms with Gasteiger partial charge in [-0.25, -0.2) is 4.79 Å². The third-order valence-electron chi connectivity index (χ3n) is 2.35. The van der Waals surface area contributed by atoms with Gasteiger partial charge in [-0.2, -0.15) is 0 Å². The van der Waals surface area contributed by atoms with Gasteiger partial charge in [0, 0.05) is 6.07 Å². The predicted octanol–water partition coefficient (Wildman–Crippen LogP) is 2.46. The van der Waals surface area contributed by atoms with Gasteiger partial charge in [0.1, 0.15) is 22.8 Å². The Morgan fingerprint density at radius 1 is 1.17 bits per heavy atom. The van der Waals surface area contributed by atoms with Crippen molar-refractivity contribution in [2.45, 2.75) is 0 Å². The zero-order valence-corrected chi connectivity index (χ0v) is 9.33. The number of anilines is 1. The van der Waals surface area contributed by atoms with Gasteiger partial charge in [0.05, 0.1) is 5.69 Å². The SMILES string of the molecule is Nc1ccccc1Oc1ccc(C(=O)O)c(O)c1. The lowest BCUT2D eigenvalue weighted by atomic mass is 10.2. The van der Waals surface area contributed by atoms with Crippen LogP contribution in [-0.2, 0) is 0 Å². The molecule has 2 aromatic rings. The van der Waals surface area contributed by atoms with E-state index in [-0.39, 0.29) is 11.3 Å². The van der Waals surface area contributed by atoms with E-state index in [4.69, 9.17) is 15.6 Å². The second-order valence-corrected chi connectivity index (χ2v) is 3.62. The molecule has 0 saturated heterocycles. The molecule has 0 unspecified atom stereocenters. The number of nitrogens with two attached hydrogens (primary N) is 1. The Kier molecular flexibility index (Phi) is 3.05. The lowest BCUT2D eigenvalue weighted by molar-refractivity contribution is 0.0693. The third kappa shape index (κ3) is 2.35. The summed E-state index contributed by atoms with van der Waals surface area (Å²) in [5.74, 6) is -0.789. The van der Waals surface area contributed by atoms with Gasteiger partial charge in [-0.05, 0) is 24.3 Å². The summed E-state index contributed by atoms with van der Waals surface area (Å²) in [5.41, 5.74) is 5.98. The first-order valence-electron chi connectivity index (χ1n) is 5.16. The number of ether oxygens (including phenoxy) is 1. The van der Waals surface area contributed by atoms with E-state index in [1.807, 2.05) is 0 Å². The zero-order chi connectivity index (χ0) is 13.1. The van der Waals surface area contributed by atoms with Crippen molar-refractivity contribution >= 4 is 11.7 Å². The molecular formula is C13H11NO4. The van der Waals surface area contributed by atoms with Crippen LogP contribution in [0.15, 0.2) is 42.5 Å². The molecule has 0 atom stereocenters. The van der Waals surface area contributed by atoms with E-state index in [1.54, 1.807) is 24.3 Å². The van der Waals surface area contributed by atoms with Gasteiger partial charge in [0.25, 0.3) is 0 Å². The van der Waals surface area contributed by atoms with E-state index in [2.05, 4.69) is 0 Å². The monoisotopic (exact) mass is 245 g/mol. The molecule has 0 fully saturated rings. The summed E-state index contributed by atoms with van der Waals surface area (Å²) in [6, 6.07) is 10.8. The van der Waals surface area contributed by atoms with Crippen LogP contribution in [-0.4, -0.2) is 16.2 Å². The van der Waals surface area contributed by atoms with Crippen molar-refractivity contribution in [3.05, 3.63) is 48.0 Å². The van der Waals surface area contributed by atoms with Crippen LogP contribution in [0.4, 0.5) is 5.69 Å². The minimum Gasteiger partial charge on any atom is -0.507 e. The van der Waals surface area contributed by atoms with Crippen molar-refractivity contribution in [2.24, 2.45) is 0 Å². The van der Waals surface area contributed by atoms with E-state index in [0.29, 0.717) is 17.2 Å². The lowest BCUT2D eigenvalue weighted by Crippen LogP contribution is -1.97. The van der Waals surface area contributed by atoms with Crippen LogP contribution in [0.2, 0.25) is 0 Å². The fraction of sp³-hybridized carbons (Fsp3) is 0. The molecule has 0 radical (unpaired) electrons. The summed E-state index contributed by atoms with van der Waals surface area (Å²) in [5, 5.41) is 18.3. The summed E-state index contributed by atoms with van der Waals surface area (Å²) in [4.78, 5) is 10.7. The molecule has 0 aromatic heterocycles. The summed E-state index contributed by atoms with van der Waals surface area (Å²) in [6.45, 7) is 0. The number of carboxylic acid groups (broad SMARTS) is 1. The molecule has 5 nitrogen and oxygen atoms in total. The Balaban J connectivity index is 2.29. The average molecular weight is 245 g/mol. The van der Waals surface area contributed by atoms with Crippen molar-refractivity contribution in [1.29, 1.82) is 0 Å². The Labute approximate surface area is 103 Å². The molecule has 0 amide bonds. The van der Waals surface area contributed by atoms with Crippen LogP contribution in [0.3, 0.4) is 0 Å². The van der Waals surface area contributed by atoms with Gasteiger partial charge in [-0.3, -0.25) is 0 Å². The van der Waals surface area contributed by atoms with Gasteiger partial charge >= 0.3 is 5.97 Å². The van der Waals surface area contributed by atoms with Crippen LogP contribution in [0, 0.1) is 0 Å². The molecular weight excluding hydrogens is 234 g/mol. The van der Waals surface area contributed by atoms with E-state index in [0.717, 1.165) is 0 Å². The highest BCUT2D eigenvalue weighted by Gasteiger charge is 2.10. The Morgan fingerprint density at radius 2 is 1.89 bits per heavy atom. The van der Waals surface area contributed by atoms with E-state index in [9.17, 15) is 9.90 Å². The summed E-state index contributed by atoms with van der Waals surface area (Å²) < 4.78 is 5.45. The number of hydrogen-bond donors (Lipinski definition) is 3. The normalized spacial score (nSPS) is 10.0. The van der Waals surface area contributed by atoms with Gasteiger partial charge in [0.2, 0.25) is 0 Å². The number of benzene rings is 2. The van der Waals surface area contributed by atoms with E-state index >= 15 is 0 Å². The van der Waals surface area contributed by atoms with Crippen molar-refractivity contribution in [2.75, 3.05) is 5.73 Å². The second kappa shape index (κ2) is 4.67. The molecule has 0 aliphatic rings. The van der Waals surface area contributed by atoms with E-state index in [1.165, 1.54) is 18.2 Å². The Hall–Kier alpha value is -2.69. The maximum atomic E-state index is 10.7. The highest BCUT2D eigenvalue weighted by atomic mass is 16.5. The van der Waals surface area contributed by atoms with Crippen molar-refractivity contribution in [3.8, 4) is 17.2 Å². The largest absolute Gasteiger partial charge is 0.507 e. The van der Waals surface area contributed by atoms with Gasteiger partial charge in [0.15, 0.2) is 0 Å². The molecule has 0 heterocycles. The molecule has 0 saturated carbocycles.